The molecule has 0 aliphatic rings. The fraction of sp³-hybridized carbons (Fsp3) is 0. The second-order valence-electron chi connectivity index (χ2n) is 3.23. The first-order valence-electron chi connectivity index (χ1n) is 4.27. The van der Waals surface area contributed by atoms with Crippen molar-refractivity contribution in [1.82, 2.24) is 0 Å². The van der Waals surface area contributed by atoms with Gasteiger partial charge in [0.05, 0.1) is 5.02 Å². The van der Waals surface area contributed by atoms with E-state index in [1.165, 1.54) is 10.3 Å². The molecule has 0 aliphatic carbocycles. The molecule has 0 saturated heterocycles. The van der Waals surface area contributed by atoms with Crippen molar-refractivity contribution >= 4 is 41.9 Å². The van der Waals surface area contributed by atoms with E-state index in [1.54, 1.807) is 17.4 Å². The van der Waals surface area contributed by atoms with E-state index < -0.39 is 0 Å². The lowest BCUT2D eigenvalue weighted by molar-refractivity contribution is 1.68. The number of nitrogens with two attached hydrogens (primary N) is 1. The van der Waals surface area contributed by atoms with Crippen LogP contribution in [-0.4, -0.2) is 7.85 Å². The monoisotopic (exact) mass is 221 g/mol. The molecule has 2 aromatic rings. The number of thiophene rings is 1. The second-order valence-corrected chi connectivity index (χ2v) is 4.55. The van der Waals surface area contributed by atoms with Gasteiger partial charge in [0.2, 0.25) is 0 Å². The fourth-order valence-electron chi connectivity index (χ4n) is 1.30. The van der Waals surface area contributed by atoms with Gasteiger partial charge in [-0.2, -0.15) is 0 Å². The quantitative estimate of drug-likeness (QED) is 0.578. The summed E-state index contributed by atoms with van der Waals surface area (Å²) in [6, 6.07) is 7.74. The van der Waals surface area contributed by atoms with Crippen molar-refractivity contribution in [2.45, 2.75) is 0 Å². The number of hydrogen-bond acceptors (Lipinski definition) is 2. The molecular weight excluding hydrogens is 212 g/mol. The van der Waals surface area contributed by atoms with Crippen molar-refractivity contribution in [1.29, 1.82) is 0 Å². The van der Waals surface area contributed by atoms with Crippen LogP contribution in [0, 0.1) is 0 Å². The van der Waals surface area contributed by atoms with E-state index in [4.69, 9.17) is 17.3 Å². The van der Waals surface area contributed by atoms with Crippen LogP contribution in [0.25, 0.3) is 10.4 Å². The number of benzene rings is 1. The first kappa shape index (κ1) is 9.62. The number of nitrogen functional groups attached to an aromatic ring is 1. The molecule has 0 aliphatic heterocycles. The minimum Gasteiger partial charge on any atom is -0.399 e. The van der Waals surface area contributed by atoms with Crippen molar-refractivity contribution in [3.05, 3.63) is 34.7 Å². The summed E-state index contributed by atoms with van der Waals surface area (Å²) >= 11 is 7.80. The van der Waals surface area contributed by atoms with Gasteiger partial charge < -0.3 is 5.73 Å². The Labute approximate surface area is 92.9 Å². The smallest absolute Gasteiger partial charge is 0.140 e. The Balaban J connectivity index is 2.52. The maximum absolute atomic E-state index is 6.10. The summed E-state index contributed by atoms with van der Waals surface area (Å²) in [6.45, 7) is 0. The van der Waals surface area contributed by atoms with Gasteiger partial charge in [-0.05, 0) is 23.6 Å². The lowest BCUT2D eigenvalue weighted by atomic mass is 9.99. The summed E-state index contributed by atoms with van der Waals surface area (Å²) in [5, 5.41) is 2.83. The highest BCUT2D eigenvalue weighted by atomic mass is 35.5. The van der Waals surface area contributed by atoms with Gasteiger partial charge in [-0.25, -0.2) is 0 Å². The van der Waals surface area contributed by atoms with Crippen LogP contribution in [0.5, 0.6) is 0 Å². The van der Waals surface area contributed by atoms with Crippen LogP contribution < -0.4 is 11.2 Å². The Morgan fingerprint density at radius 2 is 2.07 bits per heavy atom. The fourth-order valence-corrected chi connectivity index (χ4v) is 2.59. The molecule has 2 rings (SSSR count). The summed E-state index contributed by atoms with van der Waals surface area (Å²) in [5.74, 6) is 0. The Morgan fingerprint density at radius 1 is 1.29 bits per heavy atom. The number of anilines is 1. The van der Waals surface area contributed by atoms with Crippen molar-refractivity contribution < 1.29 is 0 Å². The van der Waals surface area contributed by atoms with Crippen LogP contribution in [0.3, 0.4) is 0 Å². The van der Waals surface area contributed by atoms with Gasteiger partial charge in [0.1, 0.15) is 7.85 Å². The molecule has 2 N–H and O–H groups in total. The molecule has 0 bridgehead atoms. The minimum atomic E-state index is 0.701. The topological polar surface area (TPSA) is 26.0 Å². The van der Waals surface area contributed by atoms with Gasteiger partial charge in [-0.3, -0.25) is 0 Å². The molecule has 1 aromatic carbocycles. The third kappa shape index (κ3) is 1.79. The van der Waals surface area contributed by atoms with Crippen molar-refractivity contribution in [2.75, 3.05) is 5.73 Å². The highest BCUT2D eigenvalue weighted by molar-refractivity contribution is 7.14. The molecule has 1 aromatic heterocycles. The first-order chi connectivity index (χ1) is 6.66. The summed E-state index contributed by atoms with van der Waals surface area (Å²) in [4.78, 5) is 1.19. The third-order valence-electron chi connectivity index (χ3n) is 1.99. The number of halogens is 1. The summed E-state index contributed by atoms with van der Waals surface area (Å²) < 4.78 is 0. The van der Waals surface area contributed by atoms with Gasteiger partial charge in [-0.15, -0.1) is 11.3 Å². The standard InChI is InChI=1S/C10H9BClNS/c11-6-3-10(14-5-6)8-2-1-7(13)4-9(8)12/h1-5H,11,13H2. The maximum Gasteiger partial charge on any atom is 0.140 e. The Bertz CT molecular complexity index is 467. The molecule has 0 spiro atoms. The van der Waals surface area contributed by atoms with Crippen molar-refractivity contribution in [2.24, 2.45) is 0 Å². The van der Waals surface area contributed by atoms with Crippen molar-refractivity contribution in [3.8, 4) is 10.4 Å². The van der Waals surface area contributed by atoms with E-state index >= 15 is 0 Å². The highest BCUT2D eigenvalue weighted by Gasteiger charge is 2.05. The van der Waals surface area contributed by atoms with Gasteiger partial charge in [0.25, 0.3) is 0 Å². The third-order valence-corrected chi connectivity index (χ3v) is 3.38. The molecule has 4 heteroatoms. The predicted molar refractivity (Wildman–Crippen MR) is 67.4 cm³/mol. The molecule has 1 heterocycles. The molecule has 0 atom stereocenters. The molecule has 0 fully saturated rings. The van der Waals surface area contributed by atoms with E-state index in [0.29, 0.717) is 10.7 Å². The largest absolute Gasteiger partial charge is 0.399 e. The zero-order chi connectivity index (χ0) is 10.1. The van der Waals surface area contributed by atoms with Crippen LogP contribution in [0.15, 0.2) is 29.6 Å². The summed E-state index contributed by atoms with van der Waals surface area (Å²) in [6.07, 6.45) is 0. The van der Waals surface area contributed by atoms with E-state index in [-0.39, 0.29) is 0 Å². The highest BCUT2D eigenvalue weighted by Crippen LogP contribution is 2.31. The molecule has 0 radical (unpaired) electrons. The summed E-state index contributed by atoms with van der Waals surface area (Å²) in [5.41, 5.74) is 8.65. The zero-order valence-corrected chi connectivity index (χ0v) is 9.32. The number of hydrogen-bond donors (Lipinski definition) is 1. The molecule has 0 saturated carbocycles. The molecule has 0 unspecified atom stereocenters. The predicted octanol–water partition coefficient (Wildman–Crippen LogP) is 1.91. The summed E-state index contributed by atoms with van der Waals surface area (Å²) in [7, 11) is 2.07. The lowest BCUT2D eigenvalue weighted by Gasteiger charge is -2.01. The van der Waals surface area contributed by atoms with Gasteiger partial charge >= 0.3 is 0 Å². The van der Waals surface area contributed by atoms with Crippen LogP contribution >= 0.6 is 22.9 Å². The number of rotatable bonds is 1. The second kappa shape index (κ2) is 3.68. The Hall–Kier alpha value is -0.925. The average molecular weight is 222 g/mol. The van der Waals surface area contributed by atoms with E-state index in [1.807, 2.05) is 12.1 Å². The van der Waals surface area contributed by atoms with E-state index in [0.717, 1.165) is 5.56 Å². The SMILES string of the molecule is Bc1csc(-c2ccc(N)cc2Cl)c1. The molecular formula is C10H9BClNS. The average Bonchev–Trinajstić information content (AvgIpc) is 2.51. The van der Waals surface area contributed by atoms with Crippen LogP contribution in [-0.2, 0) is 0 Å². The maximum atomic E-state index is 6.10. The zero-order valence-electron chi connectivity index (χ0n) is 7.75. The van der Waals surface area contributed by atoms with Crippen LogP contribution in [0.2, 0.25) is 5.02 Å². The van der Waals surface area contributed by atoms with Crippen LogP contribution in [0.1, 0.15) is 0 Å². The van der Waals surface area contributed by atoms with E-state index in [2.05, 4.69) is 19.3 Å². The Kier molecular flexibility index (Phi) is 2.53. The molecule has 1 nitrogen and oxygen atoms in total. The van der Waals surface area contributed by atoms with E-state index in [9.17, 15) is 0 Å². The van der Waals surface area contributed by atoms with Crippen LogP contribution in [0.4, 0.5) is 5.69 Å². The van der Waals surface area contributed by atoms with Crippen molar-refractivity contribution in [3.63, 3.8) is 0 Å². The minimum absolute atomic E-state index is 0.701. The Morgan fingerprint density at radius 3 is 2.64 bits per heavy atom. The van der Waals surface area contributed by atoms with Gasteiger partial charge in [0.15, 0.2) is 0 Å². The van der Waals surface area contributed by atoms with Gasteiger partial charge in [0, 0.05) is 16.1 Å². The van der Waals surface area contributed by atoms with Gasteiger partial charge in [-0.1, -0.05) is 23.1 Å². The first-order valence-corrected chi connectivity index (χ1v) is 5.53. The normalized spacial score (nSPS) is 10.4. The molecule has 14 heavy (non-hydrogen) atoms. The molecule has 0 amide bonds. The molecule has 70 valence electrons. The lowest BCUT2D eigenvalue weighted by Crippen LogP contribution is -1.93.